The third-order valence-electron chi connectivity index (χ3n) is 1.90. The van der Waals surface area contributed by atoms with Gasteiger partial charge < -0.3 is 15.3 Å². The first-order valence-corrected chi connectivity index (χ1v) is 4.64. The van der Waals surface area contributed by atoms with Gasteiger partial charge in [-0.15, -0.1) is 0 Å². The summed E-state index contributed by atoms with van der Waals surface area (Å²) >= 11 is 0. The molecule has 17 heavy (non-hydrogen) atoms. The number of carbonyl (C=O) groups is 2. The van der Waals surface area contributed by atoms with Crippen molar-refractivity contribution in [2.75, 3.05) is 0 Å². The van der Waals surface area contributed by atoms with Gasteiger partial charge in [0.25, 0.3) is 0 Å². The van der Waals surface area contributed by atoms with Crippen molar-refractivity contribution in [1.29, 1.82) is 0 Å². The van der Waals surface area contributed by atoms with Gasteiger partial charge in [-0.25, -0.2) is 9.59 Å². The van der Waals surface area contributed by atoms with Gasteiger partial charge in [0.05, 0.1) is 0 Å². The molecular weight excluding hydrogens is 224 g/mol. The highest BCUT2D eigenvalue weighted by Gasteiger charge is 2.07. The number of aliphatic carboxylic acids is 2. The van der Waals surface area contributed by atoms with E-state index < -0.39 is 17.7 Å². The number of hydrogen-bond acceptors (Lipinski definition) is 3. The number of hydrogen-bond donors (Lipinski definition) is 3. The Labute approximate surface area is 96.9 Å². The average molecular weight is 234 g/mol. The number of allylic oxidation sites excluding steroid dienone is 2. The van der Waals surface area contributed by atoms with E-state index in [1.807, 2.05) is 0 Å². The lowest BCUT2D eigenvalue weighted by atomic mass is 10.0. The second-order valence-corrected chi connectivity index (χ2v) is 3.14. The molecule has 0 amide bonds. The molecule has 3 N–H and O–H groups in total. The van der Waals surface area contributed by atoms with E-state index in [9.17, 15) is 9.59 Å². The molecule has 5 heteroatoms. The molecule has 1 rings (SSSR count). The van der Waals surface area contributed by atoms with Gasteiger partial charge in [0.1, 0.15) is 0 Å². The van der Waals surface area contributed by atoms with Gasteiger partial charge in [-0.05, 0) is 17.2 Å². The normalized spacial score (nSPS) is 12.2. The zero-order chi connectivity index (χ0) is 12.8. The van der Waals surface area contributed by atoms with E-state index in [0.717, 1.165) is 12.2 Å². The first-order chi connectivity index (χ1) is 8.00. The highest BCUT2D eigenvalue weighted by atomic mass is 16.4. The number of aliphatic hydroxyl groups is 1. The summed E-state index contributed by atoms with van der Waals surface area (Å²) in [5.41, 5.74) is 0.612. The van der Waals surface area contributed by atoms with Crippen molar-refractivity contribution in [3.05, 3.63) is 53.8 Å². The zero-order valence-corrected chi connectivity index (χ0v) is 8.70. The summed E-state index contributed by atoms with van der Waals surface area (Å²) in [6.45, 7) is 0. The summed E-state index contributed by atoms with van der Waals surface area (Å²) in [4.78, 5) is 21.1. The van der Waals surface area contributed by atoms with Gasteiger partial charge in [0.2, 0.25) is 5.76 Å². The molecule has 0 bridgehead atoms. The average Bonchev–Trinajstić information content (AvgIpc) is 2.28. The van der Waals surface area contributed by atoms with Crippen LogP contribution in [0, 0.1) is 0 Å². The topological polar surface area (TPSA) is 94.8 Å². The van der Waals surface area contributed by atoms with E-state index in [4.69, 9.17) is 15.3 Å². The molecule has 0 saturated heterocycles. The molecule has 88 valence electrons. The SMILES string of the molecule is O=C(O)/C=C(/C=C(\O)C(=O)O)c1ccccc1. The molecule has 0 aliphatic heterocycles. The van der Waals surface area contributed by atoms with Crippen molar-refractivity contribution in [1.82, 2.24) is 0 Å². The number of carboxylic acid groups (broad SMARTS) is 2. The van der Waals surface area contributed by atoms with Crippen LogP contribution < -0.4 is 0 Å². The minimum Gasteiger partial charge on any atom is -0.502 e. The molecule has 0 heterocycles. The predicted octanol–water partition coefficient (Wildman–Crippen LogP) is 1.68. The van der Waals surface area contributed by atoms with Crippen molar-refractivity contribution in [3.63, 3.8) is 0 Å². The molecule has 0 radical (unpaired) electrons. The third kappa shape index (κ3) is 3.83. The first kappa shape index (κ1) is 12.5. The van der Waals surface area contributed by atoms with Crippen molar-refractivity contribution in [3.8, 4) is 0 Å². The Bertz CT molecular complexity index is 485. The Morgan fingerprint density at radius 2 is 1.53 bits per heavy atom. The van der Waals surface area contributed by atoms with Crippen LogP contribution in [0.1, 0.15) is 5.56 Å². The monoisotopic (exact) mass is 234 g/mol. The van der Waals surface area contributed by atoms with Gasteiger partial charge in [0, 0.05) is 6.08 Å². The molecule has 0 saturated carbocycles. The fourth-order valence-electron chi connectivity index (χ4n) is 1.18. The summed E-state index contributed by atoms with van der Waals surface area (Å²) in [6, 6.07) is 8.32. The summed E-state index contributed by atoms with van der Waals surface area (Å²) in [5, 5.41) is 26.3. The molecule has 0 aliphatic rings. The summed E-state index contributed by atoms with van der Waals surface area (Å²) in [7, 11) is 0. The Hall–Kier alpha value is -2.56. The van der Waals surface area contributed by atoms with E-state index in [2.05, 4.69) is 0 Å². The first-order valence-electron chi connectivity index (χ1n) is 4.64. The molecule has 5 nitrogen and oxygen atoms in total. The lowest BCUT2D eigenvalue weighted by molar-refractivity contribution is -0.135. The van der Waals surface area contributed by atoms with E-state index in [-0.39, 0.29) is 5.57 Å². The maximum absolute atomic E-state index is 10.6. The maximum atomic E-state index is 10.6. The minimum absolute atomic E-state index is 0.109. The summed E-state index contributed by atoms with van der Waals surface area (Å²) in [5.74, 6) is -3.66. The Morgan fingerprint density at radius 1 is 0.941 bits per heavy atom. The van der Waals surface area contributed by atoms with Gasteiger partial charge in [-0.2, -0.15) is 0 Å². The number of benzene rings is 1. The van der Waals surface area contributed by atoms with Crippen LogP contribution in [0.2, 0.25) is 0 Å². The van der Waals surface area contributed by atoms with E-state index >= 15 is 0 Å². The predicted molar refractivity (Wildman–Crippen MR) is 60.4 cm³/mol. The van der Waals surface area contributed by atoms with Gasteiger partial charge in [-0.3, -0.25) is 0 Å². The van der Waals surface area contributed by atoms with E-state index in [1.165, 1.54) is 0 Å². The largest absolute Gasteiger partial charge is 0.502 e. The Morgan fingerprint density at radius 3 is 2.00 bits per heavy atom. The second kappa shape index (κ2) is 5.50. The quantitative estimate of drug-likeness (QED) is 0.418. The van der Waals surface area contributed by atoms with E-state index in [0.29, 0.717) is 5.56 Å². The van der Waals surface area contributed by atoms with Crippen molar-refractivity contribution < 1.29 is 24.9 Å². The fraction of sp³-hybridized carbons (Fsp3) is 0. The van der Waals surface area contributed by atoms with Gasteiger partial charge in [-0.1, -0.05) is 30.3 Å². The summed E-state index contributed by atoms with van der Waals surface area (Å²) in [6.07, 6.45) is 1.72. The van der Waals surface area contributed by atoms with Crippen LogP contribution in [-0.4, -0.2) is 27.3 Å². The molecule has 0 aliphatic carbocycles. The molecule has 0 aromatic heterocycles. The third-order valence-corrected chi connectivity index (χ3v) is 1.90. The minimum atomic E-state index is -1.52. The van der Waals surface area contributed by atoms with Gasteiger partial charge in [0.15, 0.2) is 0 Å². The molecule has 0 atom stereocenters. The zero-order valence-electron chi connectivity index (χ0n) is 8.70. The fourth-order valence-corrected chi connectivity index (χ4v) is 1.18. The standard InChI is InChI=1S/C12H10O5/c13-10(12(16)17)6-9(7-11(14)15)8-4-2-1-3-5-8/h1-7,13H,(H,14,15)(H,16,17)/b9-7-,10-6-. The van der Waals surface area contributed by atoms with Crippen LogP contribution in [0.3, 0.4) is 0 Å². The molecule has 1 aromatic rings. The van der Waals surface area contributed by atoms with E-state index in [1.54, 1.807) is 30.3 Å². The lowest BCUT2D eigenvalue weighted by Gasteiger charge is -2.01. The molecule has 1 aromatic carbocycles. The van der Waals surface area contributed by atoms with Crippen LogP contribution in [0.4, 0.5) is 0 Å². The number of rotatable bonds is 4. The van der Waals surface area contributed by atoms with Crippen molar-refractivity contribution >= 4 is 17.5 Å². The summed E-state index contributed by atoms with van der Waals surface area (Å²) < 4.78 is 0. The molecular formula is C12H10O5. The molecule has 0 unspecified atom stereocenters. The highest BCUT2D eigenvalue weighted by Crippen LogP contribution is 2.16. The lowest BCUT2D eigenvalue weighted by Crippen LogP contribution is -2.00. The smallest absolute Gasteiger partial charge is 0.370 e. The van der Waals surface area contributed by atoms with Crippen LogP contribution >= 0.6 is 0 Å². The Kier molecular flexibility index (Phi) is 4.05. The van der Waals surface area contributed by atoms with Crippen LogP contribution in [0.5, 0.6) is 0 Å². The Balaban J connectivity index is 3.20. The number of carboxylic acids is 2. The highest BCUT2D eigenvalue weighted by molar-refractivity contribution is 5.96. The van der Waals surface area contributed by atoms with Crippen LogP contribution in [-0.2, 0) is 9.59 Å². The number of aliphatic hydroxyl groups excluding tert-OH is 1. The van der Waals surface area contributed by atoms with Crippen molar-refractivity contribution in [2.24, 2.45) is 0 Å². The van der Waals surface area contributed by atoms with Crippen LogP contribution in [0.25, 0.3) is 5.57 Å². The maximum Gasteiger partial charge on any atom is 0.370 e. The second-order valence-electron chi connectivity index (χ2n) is 3.14. The molecule has 0 fully saturated rings. The van der Waals surface area contributed by atoms with Crippen molar-refractivity contribution in [2.45, 2.75) is 0 Å². The molecule has 0 spiro atoms. The van der Waals surface area contributed by atoms with Crippen LogP contribution in [0.15, 0.2) is 48.2 Å². The van der Waals surface area contributed by atoms with Gasteiger partial charge >= 0.3 is 11.9 Å².